The molecule has 1 amide bonds. The molecule has 2 rings (SSSR count). The van der Waals surface area contributed by atoms with Crippen LogP contribution in [0.2, 0.25) is 0 Å². The average molecular weight is 414 g/mol. The first-order valence-electron chi connectivity index (χ1n) is 6.88. The number of halogens is 1. The van der Waals surface area contributed by atoms with Crippen molar-refractivity contribution in [1.29, 1.82) is 0 Å². The lowest BCUT2D eigenvalue weighted by atomic mass is 10.1. The zero-order valence-electron chi connectivity index (χ0n) is 13.0. The number of pyridine rings is 1. The van der Waals surface area contributed by atoms with Crippen LogP contribution in [0.25, 0.3) is 0 Å². The topological polar surface area (TPSA) is 111 Å². The summed E-state index contributed by atoms with van der Waals surface area (Å²) in [4.78, 5) is 23.9. The fourth-order valence-electron chi connectivity index (χ4n) is 2.09. The molecule has 0 bridgehead atoms. The Bertz CT molecular complexity index is 967. The normalized spacial score (nSPS) is 11.3. The number of sulfonamides is 1. The summed E-state index contributed by atoms with van der Waals surface area (Å²) in [5.41, 5.74) is 1.42. The Kier molecular flexibility index (Phi) is 5.26. The van der Waals surface area contributed by atoms with Gasteiger partial charge in [-0.15, -0.1) is 0 Å². The summed E-state index contributed by atoms with van der Waals surface area (Å²) in [7, 11) is -3.88. The van der Waals surface area contributed by atoms with Gasteiger partial charge in [-0.1, -0.05) is 0 Å². The molecule has 24 heavy (non-hydrogen) atoms. The number of nitrogens with one attached hydrogen (secondary N) is 1. The van der Waals surface area contributed by atoms with Crippen LogP contribution in [-0.4, -0.2) is 18.9 Å². The maximum atomic E-state index is 12.2. The van der Waals surface area contributed by atoms with E-state index in [1.165, 1.54) is 29.0 Å². The van der Waals surface area contributed by atoms with Crippen molar-refractivity contribution in [2.75, 3.05) is 5.32 Å². The number of hydrogen-bond donors (Lipinski definition) is 2. The number of nitrogens with zero attached hydrogens (tertiary/aromatic N) is 1. The number of rotatable bonds is 4. The molecular formula is C15H16BrN3O4S. The Morgan fingerprint density at radius 3 is 2.58 bits per heavy atom. The van der Waals surface area contributed by atoms with Gasteiger partial charge in [0, 0.05) is 22.4 Å². The number of hydrogen-bond acceptors (Lipinski definition) is 4. The molecule has 0 saturated heterocycles. The quantitative estimate of drug-likeness (QED) is 0.790. The molecule has 0 aliphatic carbocycles. The zero-order chi connectivity index (χ0) is 18.1. The van der Waals surface area contributed by atoms with E-state index in [1.807, 2.05) is 0 Å². The van der Waals surface area contributed by atoms with Crippen molar-refractivity contribution in [3.05, 3.63) is 56.4 Å². The highest BCUT2D eigenvalue weighted by Crippen LogP contribution is 2.23. The molecule has 0 aliphatic heterocycles. The zero-order valence-corrected chi connectivity index (χ0v) is 15.4. The largest absolute Gasteiger partial charge is 0.324 e. The third-order valence-electron chi connectivity index (χ3n) is 3.50. The van der Waals surface area contributed by atoms with E-state index in [1.54, 1.807) is 19.9 Å². The Balaban J connectivity index is 2.30. The molecule has 0 saturated carbocycles. The van der Waals surface area contributed by atoms with Crippen LogP contribution < -0.4 is 16.0 Å². The summed E-state index contributed by atoms with van der Waals surface area (Å²) in [5, 5.41) is 7.77. The number of aryl methyl sites for hydroxylation is 1. The second-order valence-electron chi connectivity index (χ2n) is 5.32. The summed E-state index contributed by atoms with van der Waals surface area (Å²) in [6.07, 6.45) is 1.50. The molecule has 1 heterocycles. The first-order valence-corrected chi connectivity index (χ1v) is 9.22. The average Bonchev–Trinajstić information content (AvgIpc) is 2.46. The van der Waals surface area contributed by atoms with E-state index in [-0.39, 0.29) is 17.0 Å². The summed E-state index contributed by atoms with van der Waals surface area (Å²) in [6, 6.07) is 5.67. The number of primary sulfonamides is 1. The van der Waals surface area contributed by atoms with Gasteiger partial charge in [0.15, 0.2) is 0 Å². The van der Waals surface area contributed by atoms with Gasteiger partial charge in [-0.3, -0.25) is 9.59 Å². The molecule has 0 aliphatic rings. The van der Waals surface area contributed by atoms with Crippen LogP contribution >= 0.6 is 15.9 Å². The molecule has 7 nitrogen and oxygen atoms in total. The summed E-state index contributed by atoms with van der Waals surface area (Å²) in [5.74, 6) is -0.454. The van der Waals surface area contributed by atoms with Crippen LogP contribution in [0.1, 0.15) is 11.1 Å². The molecule has 0 fully saturated rings. The van der Waals surface area contributed by atoms with E-state index in [9.17, 15) is 18.0 Å². The number of carbonyl (C=O) groups excluding carboxylic acids is 1. The number of benzene rings is 1. The summed E-state index contributed by atoms with van der Waals surface area (Å²) < 4.78 is 25.0. The van der Waals surface area contributed by atoms with Crippen LogP contribution in [0.4, 0.5) is 5.69 Å². The van der Waals surface area contributed by atoms with Crippen molar-refractivity contribution in [3.63, 3.8) is 0 Å². The Hall–Kier alpha value is -1.97. The predicted octanol–water partition coefficient (Wildman–Crippen LogP) is 1.51. The maximum Gasteiger partial charge on any atom is 0.251 e. The molecule has 3 N–H and O–H groups in total. The molecule has 0 unspecified atom stereocenters. The Morgan fingerprint density at radius 1 is 1.29 bits per heavy atom. The highest BCUT2D eigenvalue weighted by atomic mass is 79.9. The SMILES string of the molecule is Cc1cc(S(N)(=O)=O)cc(NC(=O)Cn2cc(Br)ccc2=O)c1C. The number of carbonyl (C=O) groups is 1. The van der Waals surface area contributed by atoms with Crippen molar-refractivity contribution in [1.82, 2.24) is 4.57 Å². The maximum absolute atomic E-state index is 12.2. The molecular weight excluding hydrogens is 398 g/mol. The van der Waals surface area contributed by atoms with E-state index in [0.29, 0.717) is 15.7 Å². The lowest BCUT2D eigenvalue weighted by Gasteiger charge is -2.13. The summed E-state index contributed by atoms with van der Waals surface area (Å²) in [6.45, 7) is 3.28. The molecule has 9 heteroatoms. The van der Waals surface area contributed by atoms with Gasteiger partial charge >= 0.3 is 0 Å². The number of aromatic nitrogens is 1. The third-order valence-corrected chi connectivity index (χ3v) is 4.87. The molecule has 128 valence electrons. The molecule has 1 aromatic heterocycles. The number of nitrogens with two attached hydrogens (primary N) is 1. The van der Waals surface area contributed by atoms with Gasteiger partial charge in [-0.25, -0.2) is 13.6 Å². The van der Waals surface area contributed by atoms with Gasteiger partial charge in [0.25, 0.3) is 5.56 Å². The van der Waals surface area contributed by atoms with Crippen molar-refractivity contribution in [3.8, 4) is 0 Å². The minimum Gasteiger partial charge on any atom is -0.324 e. The number of amides is 1. The standard InChI is InChI=1S/C15H16BrN3O4S/c1-9-5-12(24(17,22)23)6-13(10(9)2)18-14(20)8-19-7-11(16)3-4-15(19)21/h3-7H,8H2,1-2H3,(H,18,20)(H2,17,22,23). The van der Waals surface area contributed by atoms with Gasteiger partial charge in [0.2, 0.25) is 15.9 Å². The molecule has 2 aromatic rings. The van der Waals surface area contributed by atoms with Crippen LogP contribution in [-0.2, 0) is 21.4 Å². The van der Waals surface area contributed by atoms with E-state index in [0.717, 1.165) is 5.56 Å². The first kappa shape index (κ1) is 18.4. The smallest absolute Gasteiger partial charge is 0.251 e. The predicted molar refractivity (Wildman–Crippen MR) is 94.3 cm³/mol. The minimum atomic E-state index is -3.88. The van der Waals surface area contributed by atoms with Gasteiger partial charge in [0.05, 0.1) is 4.90 Å². The van der Waals surface area contributed by atoms with E-state index < -0.39 is 15.9 Å². The van der Waals surface area contributed by atoms with Crippen molar-refractivity contribution in [2.24, 2.45) is 5.14 Å². The van der Waals surface area contributed by atoms with Crippen molar-refractivity contribution >= 4 is 37.5 Å². The van der Waals surface area contributed by atoms with Crippen molar-refractivity contribution < 1.29 is 13.2 Å². The van der Waals surface area contributed by atoms with Gasteiger partial charge in [0.1, 0.15) is 6.54 Å². The van der Waals surface area contributed by atoms with Crippen LogP contribution in [0.5, 0.6) is 0 Å². The van der Waals surface area contributed by atoms with E-state index in [4.69, 9.17) is 5.14 Å². The monoisotopic (exact) mass is 413 g/mol. The lowest BCUT2D eigenvalue weighted by molar-refractivity contribution is -0.116. The second-order valence-corrected chi connectivity index (χ2v) is 7.80. The van der Waals surface area contributed by atoms with Crippen LogP contribution in [0.15, 0.2) is 44.6 Å². The van der Waals surface area contributed by atoms with Gasteiger partial charge in [-0.05, 0) is 59.1 Å². The Morgan fingerprint density at radius 2 is 1.96 bits per heavy atom. The molecule has 1 aromatic carbocycles. The molecule has 0 atom stereocenters. The third kappa shape index (κ3) is 4.31. The highest BCUT2D eigenvalue weighted by Gasteiger charge is 2.14. The molecule has 0 spiro atoms. The van der Waals surface area contributed by atoms with E-state index in [2.05, 4.69) is 21.2 Å². The summed E-state index contributed by atoms with van der Waals surface area (Å²) >= 11 is 3.23. The van der Waals surface area contributed by atoms with Crippen molar-refractivity contribution in [2.45, 2.75) is 25.3 Å². The van der Waals surface area contributed by atoms with Crippen LogP contribution in [0, 0.1) is 13.8 Å². The van der Waals surface area contributed by atoms with Gasteiger partial charge < -0.3 is 9.88 Å². The highest BCUT2D eigenvalue weighted by molar-refractivity contribution is 9.10. The number of anilines is 1. The second kappa shape index (κ2) is 6.88. The lowest BCUT2D eigenvalue weighted by Crippen LogP contribution is -2.27. The fourth-order valence-corrected chi connectivity index (χ4v) is 3.09. The first-order chi connectivity index (χ1) is 11.1. The fraction of sp³-hybridized carbons (Fsp3) is 0.200. The van der Waals surface area contributed by atoms with Gasteiger partial charge in [-0.2, -0.15) is 0 Å². The van der Waals surface area contributed by atoms with Crippen LogP contribution in [0.3, 0.4) is 0 Å². The minimum absolute atomic E-state index is 0.0828. The molecule has 0 radical (unpaired) electrons. The Labute approximate surface area is 147 Å². The van der Waals surface area contributed by atoms with E-state index >= 15 is 0 Å².